The molecule has 1 amide bonds. The first-order valence-electron chi connectivity index (χ1n) is 5.90. The largest absolute Gasteiger partial charge is 0.406 e. The Morgan fingerprint density at radius 2 is 2.05 bits per heavy atom. The van der Waals surface area contributed by atoms with E-state index in [1.807, 2.05) is 0 Å². The highest BCUT2D eigenvalue weighted by atomic mass is 32.2. The maximum absolute atomic E-state index is 12.3. The summed E-state index contributed by atoms with van der Waals surface area (Å²) in [6.45, 7) is -2.35. The van der Waals surface area contributed by atoms with E-state index in [1.165, 1.54) is 0 Å². The SMILES string of the molecule is O=C(CSC1CCS(=O)(=O)C1)N(CCO)CC(F)(F)F. The van der Waals surface area contributed by atoms with Crippen LogP contribution in [0.4, 0.5) is 13.2 Å². The van der Waals surface area contributed by atoms with Crippen molar-refractivity contribution in [3.8, 4) is 0 Å². The molecular weight excluding hydrogens is 319 g/mol. The average molecular weight is 335 g/mol. The Hall–Kier alpha value is -0.480. The number of hydrogen-bond donors (Lipinski definition) is 1. The first-order chi connectivity index (χ1) is 9.13. The van der Waals surface area contributed by atoms with Gasteiger partial charge < -0.3 is 10.0 Å². The van der Waals surface area contributed by atoms with Crippen LogP contribution in [-0.2, 0) is 14.6 Å². The summed E-state index contributed by atoms with van der Waals surface area (Å²) in [4.78, 5) is 12.2. The Bertz CT molecular complexity index is 438. The fraction of sp³-hybridized carbons (Fsp3) is 0.900. The van der Waals surface area contributed by atoms with E-state index < -0.39 is 35.1 Å². The molecule has 20 heavy (non-hydrogen) atoms. The van der Waals surface area contributed by atoms with Crippen molar-refractivity contribution in [2.24, 2.45) is 0 Å². The van der Waals surface area contributed by atoms with Gasteiger partial charge in [-0.2, -0.15) is 13.2 Å². The minimum atomic E-state index is -4.52. The normalized spacial score (nSPS) is 21.9. The molecule has 1 aliphatic heterocycles. The van der Waals surface area contributed by atoms with Gasteiger partial charge in [-0.15, -0.1) is 11.8 Å². The summed E-state index contributed by atoms with van der Waals surface area (Å²) < 4.78 is 59.3. The van der Waals surface area contributed by atoms with E-state index in [0.29, 0.717) is 11.3 Å². The van der Waals surface area contributed by atoms with E-state index in [0.717, 1.165) is 11.8 Å². The number of aliphatic hydroxyl groups is 1. The standard InChI is InChI=1S/C10H16F3NO4S2/c11-10(12,13)7-14(2-3-15)9(16)5-19-8-1-4-20(17,18)6-8/h8,15H,1-7H2. The minimum absolute atomic E-state index is 0.0375. The summed E-state index contributed by atoms with van der Waals surface area (Å²) in [7, 11) is -3.07. The zero-order valence-electron chi connectivity index (χ0n) is 10.6. The first-order valence-corrected chi connectivity index (χ1v) is 8.77. The average Bonchev–Trinajstić information content (AvgIpc) is 2.63. The van der Waals surface area contributed by atoms with Crippen LogP contribution in [0.1, 0.15) is 6.42 Å². The lowest BCUT2D eigenvalue weighted by Crippen LogP contribution is -2.41. The van der Waals surface area contributed by atoms with Gasteiger partial charge in [0.15, 0.2) is 9.84 Å². The van der Waals surface area contributed by atoms with Gasteiger partial charge in [0, 0.05) is 11.8 Å². The molecular formula is C10H16F3NO4S2. The number of thioether (sulfide) groups is 1. The van der Waals surface area contributed by atoms with Gasteiger partial charge in [0.1, 0.15) is 6.54 Å². The minimum Gasteiger partial charge on any atom is -0.395 e. The molecule has 0 aromatic rings. The van der Waals surface area contributed by atoms with Gasteiger partial charge in [0.25, 0.3) is 0 Å². The maximum atomic E-state index is 12.3. The van der Waals surface area contributed by atoms with Gasteiger partial charge in [-0.3, -0.25) is 4.79 Å². The molecule has 0 saturated carbocycles. The van der Waals surface area contributed by atoms with Crippen molar-refractivity contribution >= 4 is 27.5 Å². The van der Waals surface area contributed by atoms with Crippen molar-refractivity contribution in [2.75, 3.05) is 37.0 Å². The molecule has 0 aromatic heterocycles. The molecule has 0 spiro atoms. The van der Waals surface area contributed by atoms with Gasteiger partial charge in [0.05, 0.1) is 23.9 Å². The highest BCUT2D eigenvalue weighted by Gasteiger charge is 2.34. The van der Waals surface area contributed by atoms with Crippen molar-refractivity contribution in [1.29, 1.82) is 0 Å². The lowest BCUT2D eigenvalue weighted by molar-refractivity contribution is -0.160. The molecule has 0 aliphatic carbocycles. The van der Waals surface area contributed by atoms with Crippen LogP contribution >= 0.6 is 11.8 Å². The molecule has 1 unspecified atom stereocenters. The fourth-order valence-electron chi connectivity index (χ4n) is 1.80. The second kappa shape index (κ2) is 6.99. The van der Waals surface area contributed by atoms with Crippen LogP contribution < -0.4 is 0 Å². The Morgan fingerprint density at radius 3 is 2.50 bits per heavy atom. The molecule has 0 aromatic carbocycles. The predicted molar refractivity (Wildman–Crippen MR) is 69.2 cm³/mol. The van der Waals surface area contributed by atoms with Gasteiger partial charge in [-0.05, 0) is 6.42 Å². The molecule has 1 heterocycles. The van der Waals surface area contributed by atoms with Crippen LogP contribution in [0.3, 0.4) is 0 Å². The molecule has 1 saturated heterocycles. The number of halogens is 3. The first kappa shape index (κ1) is 17.6. The van der Waals surface area contributed by atoms with Gasteiger partial charge in [-0.25, -0.2) is 8.42 Å². The Kier molecular flexibility index (Phi) is 6.14. The molecule has 10 heteroatoms. The second-order valence-electron chi connectivity index (χ2n) is 4.49. The van der Waals surface area contributed by atoms with E-state index in [9.17, 15) is 26.4 Å². The topological polar surface area (TPSA) is 74.7 Å². The fourth-order valence-corrected chi connectivity index (χ4v) is 5.35. The molecule has 5 nitrogen and oxygen atoms in total. The van der Waals surface area contributed by atoms with E-state index in [-0.39, 0.29) is 29.1 Å². The molecule has 1 aliphatic rings. The van der Waals surface area contributed by atoms with Gasteiger partial charge >= 0.3 is 6.18 Å². The van der Waals surface area contributed by atoms with E-state index >= 15 is 0 Å². The van der Waals surface area contributed by atoms with Crippen molar-refractivity contribution in [1.82, 2.24) is 4.90 Å². The molecule has 1 rings (SSSR count). The summed E-state index contributed by atoms with van der Waals surface area (Å²) in [6, 6.07) is 0. The van der Waals surface area contributed by atoms with Crippen LogP contribution in [0.5, 0.6) is 0 Å². The zero-order chi connectivity index (χ0) is 15.4. The lowest BCUT2D eigenvalue weighted by atomic mass is 10.4. The van der Waals surface area contributed by atoms with Crippen LogP contribution in [0.25, 0.3) is 0 Å². The second-order valence-corrected chi connectivity index (χ2v) is 8.01. The van der Waals surface area contributed by atoms with Gasteiger partial charge in [0.2, 0.25) is 5.91 Å². The lowest BCUT2D eigenvalue weighted by Gasteiger charge is -2.23. The molecule has 1 N–H and O–H groups in total. The third-order valence-corrected chi connectivity index (χ3v) is 5.99. The van der Waals surface area contributed by atoms with Crippen molar-refractivity contribution < 1.29 is 31.5 Å². The summed E-state index contributed by atoms with van der Waals surface area (Å²) in [5, 5.41) is 8.44. The van der Waals surface area contributed by atoms with Crippen molar-refractivity contribution in [3.05, 3.63) is 0 Å². The molecule has 0 bridgehead atoms. The summed E-state index contributed by atoms with van der Waals surface area (Å²) in [5.74, 6) is -0.937. The van der Waals surface area contributed by atoms with Crippen LogP contribution in [0.2, 0.25) is 0 Å². The Morgan fingerprint density at radius 1 is 1.40 bits per heavy atom. The number of carbonyl (C=O) groups is 1. The number of alkyl halides is 3. The Balaban J connectivity index is 2.46. The summed E-state index contributed by atoms with van der Waals surface area (Å²) >= 11 is 1.06. The number of sulfone groups is 1. The Labute approximate surface area is 119 Å². The van der Waals surface area contributed by atoms with Crippen LogP contribution in [0, 0.1) is 0 Å². The molecule has 1 fully saturated rings. The highest BCUT2D eigenvalue weighted by molar-refractivity contribution is 8.02. The third kappa shape index (κ3) is 6.31. The van der Waals surface area contributed by atoms with Gasteiger partial charge in [-0.1, -0.05) is 0 Å². The number of nitrogens with zero attached hydrogens (tertiary/aromatic N) is 1. The number of carbonyl (C=O) groups excluding carboxylic acids is 1. The third-order valence-electron chi connectivity index (χ3n) is 2.73. The van der Waals surface area contributed by atoms with Crippen molar-refractivity contribution in [2.45, 2.75) is 17.8 Å². The van der Waals surface area contributed by atoms with E-state index in [1.54, 1.807) is 0 Å². The summed E-state index contributed by atoms with van der Waals surface area (Å²) in [6.07, 6.45) is -4.11. The van der Waals surface area contributed by atoms with Crippen LogP contribution in [0.15, 0.2) is 0 Å². The molecule has 1 atom stereocenters. The zero-order valence-corrected chi connectivity index (χ0v) is 12.2. The number of hydrogen-bond acceptors (Lipinski definition) is 5. The number of rotatable bonds is 6. The highest BCUT2D eigenvalue weighted by Crippen LogP contribution is 2.25. The van der Waals surface area contributed by atoms with E-state index in [2.05, 4.69) is 0 Å². The molecule has 118 valence electrons. The monoisotopic (exact) mass is 335 g/mol. The maximum Gasteiger partial charge on any atom is 0.406 e. The van der Waals surface area contributed by atoms with Crippen LogP contribution in [-0.4, -0.2) is 72.7 Å². The predicted octanol–water partition coefficient (Wildman–Crippen LogP) is 0.290. The van der Waals surface area contributed by atoms with Crippen molar-refractivity contribution in [3.63, 3.8) is 0 Å². The smallest absolute Gasteiger partial charge is 0.395 e. The quantitative estimate of drug-likeness (QED) is 0.755. The number of amides is 1. The number of aliphatic hydroxyl groups excluding tert-OH is 1. The van der Waals surface area contributed by atoms with E-state index in [4.69, 9.17) is 5.11 Å². The summed E-state index contributed by atoms with van der Waals surface area (Å²) in [5.41, 5.74) is 0. The molecule has 0 radical (unpaired) electrons.